The van der Waals surface area contributed by atoms with Crippen LogP contribution in [0.25, 0.3) is 0 Å². The quantitative estimate of drug-likeness (QED) is 0.862. The van der Waals surface area contributed by atoms with Gasteiger partial charge in [0.05, 0.1) is 5.69 Å². The van der Waals surface area contributed by atoms with Gasteiger partial charge in [0.2, 0.25) is 5.91 Å². The third kappa shape index (κ3) is 3.59. The van der Waals surface area contributed by atoms with Gasteiger partial charge in [0.25, 0.3) is 11.8 Å². The van der Waals surface area contributed by atoms with Crippen LogP contribution < -0.4 is 20.3 Å². The highest BCUT2D eigenvalue weighted by molar-refractivity contribution is 6.06. The van der Waals surface area contributed by atoms with Gasteiger partial charge in [0.1, 0.15) is 11.6 Å². The fraction of sp³-hybridized carbons (Fsp3) is 0.263. The molecule has 3 amide bonds. The van der Waals surface area contributed by atoms with Gasteiger partial charge in [-0.1, -0.05) is 0 Å². The molecule has 0 bridgehead atoms. The normalized spacial score (nSPS) is 15.6. The molecule has 4 rings (SSSR count). The molecule has 8 nitrogen and oxygen atoms in total. The summed E-state index contributed by atoms with van der Waals surface area (Å²) in [6.07, 6.45) is 3.26. The summed E-state index contributed by atoms with van der Waals surface area (Å²) >= 11 is 0. The van der Waals surface area contributed by atoms with Gasteiger partial charge in [-0.2, -0.15) is 0 Å². The van der Waals surface area contributed by atoms with Crippen molar-refractivity contribution in [1.29, 1.82) is 0 Å². The van der Waals surface area contributed by atoms with E-state index in [9.17, 15) is 14.4 Å². The maximum absolute atomic E-state index is 12.5. The average Bonchev–Trinajstić information content (AvgIpc) is 3.51. The van der Waals surface area contributed by atoms with E-state index in [0.717, 1.165) is 12.8 Å². The number of nitrogens with zero attached hydrogens (tertiary/aromatic N) is 2. The Kier molecular flexibility index (Phi) is 4.23. The van der Waals surface area contributed by atoms with E-state index in [2.05, 4.69) is 15.6 Å². The average molecular weight is 366 g/mol. The van der Waals surface area contributed by atoms with Crippen molar-refractivity contribution in [2.75, 3.05) is 29.2 Å². The molecule has 2 N–H and O–H groups in total. The highest BCUT2D eigenvalue weighted by Crippen LogP contribution is 2.34. The molecule has 2 aromatic rings. The molecule has 2 aliphatic rings. The van der Waals surface area contributed by atoms with Crippen molar-refractivity contribution in [2.45, 2.75) is 12.8 Å². The number of carbonyl (C=O) groups excluding carboxylic acids is 3. The van der Waals surface area contributed by atoms with Crippen molar-refractivity contribution in [3.63, 3.8) is 0 Å². The Morgan fingerprint density at radius 1 is 1.19 bits per heavy atom. The Morgan fingerprint density at radius 2 is 2.00 bits per heavy atom. The molecular formula is C19H18N4O4. The van der Waals surface area contributed by atoms with E-state index >= 15 is 0 Å². The molecule has 1 aliphatic heterocycles. The van der Waals surface area contributed by atoms with Crippen LogP contribution in [-0.4, -0.2) is 36.4 Å². The van der Waals surface area contributed by atoms with Gasteiger partial charge in [-0.25, -0.2) is 4.98 Å². The first-order valence-corrected chi connectivity index (χ1v) is 8.63. The van der Waals surface area contributed by atoms with Crippen LogP contribution in [0.4, 0.5) is 17.2 Å². The summed E-state index contributed by atoms with van der Waals surface area (Å²) in [6.45, 7) is 0.00156. The summed E-state index contributed by atoms with van der Waals surface area (Å²) in [4.78, 5) is 41.7. The summed E-state index contributed by atoms with van der Waals surface area (Å²) in [5, 5.41) is 5.51. The second-order valence-corrected chi connectivity index (χ2v) is 6.57. The minimum absolute atomic E-state index is 0.00156. The van der Waals surface area contributed by atoms with Crippen molar-refractivity contribution in [1.82, 2.24) is 4.98 Å². The van der Waals surface area contributed by atoms with E-state index in [-0.39, 0.29) is 30.2 Å². The Labute approximate surface area is 155 Å². The number of fused-ring (bicyclic) bond motifs is 1. The van der Waals surface area contributed by atoms with Crippen LogP contribution in [0, 0.1) is 5.92 Å². The van der Waals surface area contributed by atoms with E-state index in [1.807, 2.05) is 0 Å². The summed E-state index contributed by atoms with van der Waals surface area (Å²) in [5.41, 5.74) is 1.50. The molecule has 1 fully saturated rings. The van der Waals surface area contributed by atoms with Gasteiger partial charge in [0, 0.05) is 30.4 Å². The molecule has 0 atom stereocenters. The lowest BCUT2D eigenvalue weighted by atomic mass is 10.2. The fourth-order valence-electron chi connectivity index (χ4n) is 2.77. The predicted molar refractivity (Wildman–Crippen MR) is 98.9 cm³/mol. The topological polar surface area (TPSA) is 101 Å². The molecule has 27 heavy (non-hydrogen) atoms. The van der Waals surface area contributed by atoms with Crippen molar-refractivity contribution in [2.24, 2.45) is 5.92 Å². The Morgan fingerprint density at radius 3 is 2.78 bits per heavy atom. The molecular weight excluding hydrogens is 348 g/mol. The van der Waals surface area contributed by atoms with E-state index < -0.39 is 0 Å². The maximum atomic E-state index is 12.5. The lowest BCUT2D eigenvalue weighted by Gasteiger charge is -2.26. The highest BCUT2D eigenvalue weighted by atomic mass is 16.5. The van der Waals surface area contributed by atoms with E-state index in [1.165, 1.54) is 17.2 Å². The predicted octanol–water partition coefficient (Wildman–Crippen LogP) is 2.04. The Balaban J connectivity index is 1.49. The Bertz CT molecular complexity index is 939. The van der Waals surface area contributed by atoms with Gasteiger partial charge >= 0.3 is 0 Å². The van der Waals surface area contributed by atoms with Gasteiger partial charge < -0.3 is 20.3 Å². The van der Waals surface area contributed by atoms with Crippen LogP contribution in [0.15, 0.2) is 36.5 Å². The first kappa shape index (κ1) is 17.0. The minimum atomic E-state index is -0.343. The van der Waals surface area contributed by atoms with Crippen LogP contribution in [-0.2, 0) is 9.59 Å². The van der Waals surface area contributed by atoms with E-state index in [4.69, 9.17) is 4.74 Å². The molecule has 0 spiro atoms. The van der Waals surface area contributed by atoms with Crippen LogP contribution in [0.2, 0.25) is 0 Å². The number of nitrogens with one attached hydrogen (secondary N) is 2. The summed E-state index contributed by atoms with van der Waals surface area (Å²) in [7, 11) is 1.66. The minimum Gasteiger partial charge on any atom is -0.482 e. The van der Waals surface area contributed by atoms with Gasteiger partial charge in [-0.05, 0) is 43.2 Å². The van der Waals surface area contributed by atoms with Gasteiger partial charge in [-0.15, -0.1) is 0 Å². The van der Waals surface area contributed by atoms with Crippen molar-refractivity contribution >= 4 is 34.9 Å². The number of aromatic nitrogens is 1. The van der Waals surface area contributed by atoms with Gasteiger partial charge in [0.15, 0.2) is 6.61 Å². The number of ether oxygens (including phenoxy) is 1. The van der Waals surface area contributed by atoms with E-state index in [0.29, 0.717) is 28.5 Å². The molecule has 0 radical (unpaired) electrons. The number of hydrogen-bond acceptors (Lipinski definition) is 5. The zero-order valence-corrected chi connectivity index (χ0v) is 14.7. The number of hydrogen-bond donors (Lipinski definition) is 2. The summed E-state index contributed by atoms with van der Waals surface area (Å²) in [5.74, 6) is 0.429. The fourth-order valence-corrected chi connectivity index (χ4v) is 2.77. The molecule has 138 valence electrons. The number of anilines is 3. The zero-order valence-electron chi connectivity index (χ0n) is 14.7. The monoisotopic (exact) mass is 366 g/mol. The zero-order chi connectivity index (χ0) is 19.0. The molecule has 8 heteroatoms. The molecule has 1 saturated carbocycles. The molecule has 0 unspecified atom stereocenters. The first-order chi connectivity index (χ1) is 13.0. The lowest BCUT2D eigenvalue weighted by Crippen LogP contribution is -2.35. The molecule has 2 heterocycles. The molecule has 1 aromatic carbocycles. The van der Waals surface area contributed by atoms with Crippen molar-refractivity contribution in [3.05, 3.63) is 42.1 Å². The molecule has 1 aliphatic carbocycles. The van der Waals surface area contributed by atoms with E-state index in [1.54, 1.807) is 31.3 Å². The number of carbonyl (C=O) groups is 3. The van der Waals surface area contributed by atoms with Crippen LogP contribution >= 0.6 is 0 Å². The Hall–Kier alpha value is -3.42. The lowest BCUT2D eigenvalue weighted by molar-refractivity contribution is -0.121. The van der Waals surface area contributed by atoms with Crippen LogP contribution in [0.3, 0.4) is 0 Å². The summed E-state index contributed by atoms with van der Waals surface area (Å²) < 4.78 is 5.38. The number of benzene rings is 1. The third-order valence-electron chi connectivity index (χ3n) is 4.52. The number of likely N-dealkylation sites (N-methyl/N-ethyl adjacent to an activating group) is 1. The standard InChI is InChI=1S/C19H18N4O4/c1-23-14-9-13(4-5-15(14)27-10-17(23)24)21-19(26)12-6-7-20-16(8-12)22-18(25)11-2-3-11/h4-9,11H,2-3,10H2,1H3,(H,21,26)(H,20,22,25). The second kappa shape index (κ2) is 6.71. The van der Waals surface area contributed by atoms with Gasteiger partial charge in [-0.3, -0.25) is 14.4 Å². The highest BCUT2D eigenvalue weighted by Gasteiger charge is 2.30. The maximum Gasteiger partial charge on any atom is 0.264 e. The summed E-state index contributed by atoms with van der Waals surface area (Å²) in [6, 6.07) is 8.20. The van der Waals surface area contributed by atoms with Crippen LogP contribution in [0.5, 0.6) is 5.75 Å². The number of rotatable bonds is 4. The molecule has 1 aromatic heterocycles. The second-order valence-electron chi connectivity index (χ2n) is 6.57. The van der Waals surface area contributed by atoms with Crippen LogP contribution in [0.1, 0.15) is 23.2 Å². The van der Waals surface area contributed by atoms with Crippen molar-refractivity contribution in [3.8, 4) is 5.75 Å². The number of amides is 3. The largest absolute Gasteiger partial charge is 0.482 e. The molecule has 0 saturated heterocycles. The number of pyridine rings is 1. The smallest absolute Gasteiger partial charge is 0.264 e. The van der Waals surface area contributed by atoms with Crippen molar-refractivity contribution < 1.29 is 19.1 Å². The first-order valence-electron chi connectivity index (χ1n) is 8.63. The third-order valence-corrected chi connectivity index (χ3v) is 4.52. The SMILES string of the molecule is CN1C(=O)COc2ccc(NC(=O)c3ccnc(NC(=O)C4CC4)c3)cc21.